The Labute approximate surface area is 71.8 Å². The van der Waals surface area contributed by atoms with Crippen molar-refractivity contribution >= 4 is 6.29 Å². The van der Waals surface area contributed by atoms with Gasteiger partial charge in [-0.2, -0.15) is 0 Å². The Morgan fingerprint density at radius 2 is 2.17 bits per heavy atom. The van der Waals surface area contributed by atoms with Gasteiger partial charge in [-0.3, -0.25) is 4.79 Å². The van der Waals surface area contributed by atoms with Crippen LogP contribution in [-0.2, 0) is 14.3 Å². The Morgan fingerprint density at radius 1 is 1.50 bits per heavy atom. The number of rotatable bonds is 6. The summed E-state index contributed by atoms with van der Waals surface area (Å²) < 4.78 is 9.61. The Kier molecular flexibility index (Phi) is 6.55. The molecule has 0 saturated carbocycles. The van der Waals surface area contributed by atoms with Crippen LogP contribution < -0.4 is 0 Å². The van der Waals surface area contributed by atoms with Crippen LogP contribution in [0.3, 0.4) is 0 Å². The maximum absolute atomic E-state index is 9.95. The van der Waals surface area contributed by atoms with E-state index in [1.54, 1.807) is 0 Å². The number of aldehydes is 1. The molecule has 0 heterocycles. The maximum Gasteiger partial charge on any atom is 0.142 e. The second kappa shape index (κ2) is 6.97. The third kappa shape index (κ3) is 4.23. The van der Waals surface area contributed by atoms with Crippen LogP contribution in [0.4, 0.5) is 0 Å². The Bertz CT molecular complexity index is 144. The van der Waals surface area contributed by atoms with Crippen LogP contribution in [0.15, 0.2) is 12.2 Å². The summed E-state index contributed by atoms with van der Waals surface area (Å²) in [6, 6.07) is 0. The lowest BCUT2D eigenvalue weighted by Crippen LogP contribution is -2.30. The standard InChI is InChI=1S/C8H14O4/c1-11-6-7(10)8(12-2)4-3-5-9/h3-5,7-8,10H,6H2,1-2H3/b4-3+/t7-,8-/m1/s1. The summed E-state index contributed by atoms with van der Waals surface area (Å²) >= 11 is 0. The summed E-state index contributed by atoms with van der Waals surface area (Å²) in [6.45, 7) is 0.182. The van der Waals surface area contributed by atoms with E-state index in [4.69, 9.17) is 9.47 Å². The highest BCUT2D eigenvalue weighted by Gasteiger charge is 2.14. The zero-order valence-corrected chi connectivity index (χ0v) is 7.27. The molecule has 0 spiro atoms. The molecule has 70 valence electrons. The average Bonchev–Trinajstić information content (AvgIpc) is 2.06. The van der Waals surface area contributed by atoms with E-state index < -0.39 is 12.2 Å². The van der Waals surface area contributed by atoms with Gasteiger partial charge in [-0.15, -0.1) is 0 Å². The van der Waals surface area contributed by atoms with Crippen molar-refractivity contribution in [3.05, 3.63) is 12.2 Å². The fourth-order valence-electron chi connectivity index (χ4n) is 0.784. The first-order valence-electron chi connectivity index (χ1n) is 3.58. The van der Waals surface area contributed by atoms with E-state index >= 15 is 0 Å². The minimum absolute atomic E-state index is 0.182. The molecular weight excluding hydrogens is 160 g/mol. The van der Waals surface area contributed by atoms with Crippen molar-refractivity contribution in [1.82, 2.24) is 0 Å². The Hall–Kier alpha value is -0.710. The largest absolute Gasteiger partial charge is 0.388 e. The molecule has 0 bridgehead atoms. The molecule has 2 atom stereocenters. The van der Waals surface area contributed by atoms with E-state index in [9.17, 15) is 9.90 Å². The van der Waals surface area contributed by atoms with Crippen molar-refractivity contribution in [2.45, 2.75) is 12.2 Å². The number of ether oxygens (including phenoxy) is 2. The molecule has 0 aromatic carbocycles. The number of aliphatic hydroxyl groups is 1. The second-order valence-corrected chi connectivity index (χ2v) is 2.24. The summed E-state index contributed by atoms with van der Waals surface area (Å²) in [5, 5.41) is 9.32. The van der Waals surface area contributed by atoms with Crippen molar-refractivity contribution in [2.75, 3.05) is 20.8 Å². The third-order valence-electron chi connectivity index (χ3n) is 1.37. The zero-order chi connectivity index (χ0) is 9.40. The Balaban J connectivity index is 3.94. The second-order valence-electron chi connectivity index (χ2n) is 2.24. The molecule has 0 aromatic rings. The van der Waals surface area contributed by atoms with Crippen LogP contribution >= 0.6 is 0 Å². The lowest BCUT2D eigenvalue weighted by Gasteiger charge is -2.16. The van der Waals surface area contributed by atoms with Gasteiger partial charge >= 0.3 is 0 Å². The van der Waals surface area contributed by atoms with E-state index in [0.29, 0.717) is 6.29 Å². The van der Waals surface area contributed by atoms with Crippen molar-refractivity contribution in [1.29, 1.82) is 0 Å². The summed E-state index contributed by atoms with van der Waals surface area (Å²) in [4.78, 5) is 9.95. The minimum atomic E-state index is -0.740. The Morgan fingerprint density at radius 3 is 2.58 bits per heavy atom. The molecule has 0 aliphatic rings. The van der Waals surface area contributed by atoms with Crippen molar-refractivity contribution in [3.63, 3.8) is 0 Å². The molecule has 0 rings (SSSR count). The average molecular weight is 174 g/mol. The normalized spacial score (nSPS) is 16.2. The summed E-state index contributed by atoms with van der Waals surface area (Å²) in [5.74, 6) is 0. The number of allylic oxidation sites excluding steroid dienone is 1. The topological polar surface area (TPSA) is 55.8 Å². The molecule has 0 fully saturated rings. The first kappa shape index (κ1) is 11.3. The number of aliphatic hydroxyl groups excluding tert-OH is 1. The van der Waals surface area contributed by atoms with Gasteiger partial charge in [0.15, 0.2) is 0 Å². The molecule has 4 nitrogen and oxygen atoms in total. The lowest BCUT2D eigenvalue weighted by atomic mass is 10.2. The summed E-state index contributed by atoms with van der Waals surface area (Å²) in [5.41, 5.74) is 0. The van der Waals surface area contributed by atoms with Gasteiger partial charge in [-0.25, -0.2) is 0 Å². The quantitative estimate of drug-likeness (QED) is 0.446. The van der Waals surface area contributed by atoms with E-state index in [-0.39, 0.29) is 6.61 Å². The van der Waals surface area contributed by atoms with Crippen molar-refractivity contribution in [3.8, 4) is 0 Å². The van der Waals surface area contributed by atoms with Crippen LogP contribution in [-0.4, -0.2) is 44.4 Å². The van der Waals surface area contributed by atoms with E-state index in [0.717, 1.165) is 0 Å². The van der Waals surface area contributed by atoms with Crippen molar-refractivity contribution in [2.24, 2.45) is 0 Å². The molecule has 0 unspecified atom stereocenters. The molecule has 0 aliphatic heterocycles. The number of hydrogen-bond acceptors (Lipinski definition) is 4. The van der Waals surface area contributed by atoms with Gasteiger partial charge in [0.25, 0.3) is 0 Å². The van der Waals surface area contributed by atoms with Crippen LogP contribution in [0.1, 0.15) is 0 Å². The van der Waals surface area contributed by atoms with Gasteiger partial charge < -0.3 is 14.6 Å². The predicted molar refractivity (Wildman–Crippen MR) is 43.9 cm³/mol. The summed E-state index contributed by atoms with van der Waals surface area (Å²) in [6.07, 6.45) is 2.17. The number of carbonyl (C=O) groups excluding carboxylic acids is 1. The van der Waals surface area contributed by atoms with Gasteiger partial charge in [0.1, 0.15) is 18.5 Å². The molecule has 0 radical (unpaired) electrons. The third-order valence-corrected chi connectivity index (χ3v) is 1.37. The molecule has 12 heavy (non-hydrogen) atoms. The molecule has 0 amide bonds. The molecule has 4 heteroatoms. The van der Waals surface area contributed by atoms with Crippen LogP contribution in [0.2, 0.25) is 0 Å². The lowest BCUT2D eigenvalue weighted by molar-refractivity contribution is -0.104. The molecular formula is C8H14O4. The van der Waals surface area contributed by atoms with Gasteiger partial charge in [0.2, 0.25) is 0 Å². The van der Waals surface area contributed by atoms with Crippen LogP contribution in [0, 0.1) is 0 Å². The number of carbonyl (C=O) groups is 1. The first-order chi connectivity index (χ1) is 5.76. The molecule has 0 aliphatic carbocycles. The highest BCUT2D eigenvalue weighted by atomic mass is 16.5. The monoisotopic (exact) mass is 174 g/mol. The first-order valence-corrected chi connectivity index (χ1v) is 3.58. The number of hydrogen-bond donors (Lipinski definition) is 1. The van der Waals surface area contributed by atoms with Crippen LogP contribution in [0.25, 0.3) is 0 Å². The van der Waals surface area contributed by atoms with Gasteiger partial charge in [-0.05, 0) is 6.08 Å². The van der Waals surface area contributed by atoms with E-state index in [1.165, 1.54) is 26.4 Å². The van der Waals surface area contributed by atoms with E-state index in [1.807, 2.05) is 0 Å². The van der Waals surface area contributed by atoms with Gasteiger partial charge in [-0.1, -0.05) is 6.08 Å². The van der Waals surface area contributed by atoms with Gasteiger partial charge in [0, 0.05) is 14.2 Å². The fraction of sp³-hybridized carbons (Fsp3) is 0.625. The smallest absolute Gasteiger partial charge is 0.142 e. The minimum Gasteiger partial charge on any atom is -0.388 e. The maximum atomic E-state index is 9.95. The number of methoxy groups -OCH3 is 2. The molecule has 0 saturated heterocycles. The SMILES string of the molecule is COC[C@@H](O)[C@@H](/C=C/C=O)OC. The van der Waals surface area contributed by atoms with Gasteiger partial charge in [0.05, 0.1) is 6.61 Å². The van der Waals surface area contributed by atoms with Crippen LogP contribution in [0.5, 0.6) is 0 Å². The predicted octanol–water partition coefficient (Wildman–Crippen LogP) is -0.236. The van der Waals surface area contributed by atoms with E-state index in [2.05, 4.69) is 0 Å². The van der Waals surface area contributed by atoms with Crippen molar-refractivity contribution < 1.29 is 19.4 Å². The summed E-state index contributed by atoms with van der Waals surface area (Å²) in [7, 11) is 2.94. The highest BCUT2D eigenvalue weighted by Crippen LogP contribution is 2.00. The zero-order valence-electron chi connectivity index (χ0n) is 7.27. The molecule has 0 aromatic heterocycles. The fourth-order valence-corrected chi connectivity index (χ4v) is 0.784. The highest BCUT2D eigenvalue weighted by molar-refractivity contribution is 5.64. The molecule has 1 N–H and O–H groups in total.